The first-order chi connectivity index (χ1) is 10.0. The van der Waals surface area contributed by atoms with Gasteiger partial charge in [0.05, 0.1) is 25.5 Å². The van der Waals surface area contributed by atoms with Crippen LogP contribution in [0.1, 0.15) is 11.7 Å². The highest BCUT2D eigenvalue weighted by atomic mass is 79.9. The minimum Gasteiger partial charge on any atom is -0.468 e. The van der Waals surface area contributed by atoms with E-state index in [1.807, 2.05) is 0 Å². The summed E-state index contributed by atoms with van der Waals surface area (Å²) in [6.45, 7) is 1.71. The Bertz CT molecular complexity index is 711. The summed E-state index contributed by atoms with van der Waals surface area (Å²) >= 11 is 3.17. The molecule has 10 heteroatoms. The lowest BCUT2D eigenvalue weighted by Crippen LogP contribution is -2.28. The molecule has 2 aromatic rings. The predicted molar refractivity (Wildman–Crippen MR) is 74.6 cm³/mol. The topological polar surface area (TPSA) is 112 Å². The fourth-order valence-corrected chi connectivity index (χ4v) is 1.92. The van der Waals surface area contributed by atoms with Gasteiger partial charge < -0.3 is 14.6 Å². The van der Waals surface area contributed by atoms with Crippen LogP contribution >= 0.6 is 15.9 Å². The van der Waals surface area contributed by atoms with Crippen molar-refractivity contribution in [3.8, 4) is 0 Å². The second kappa shape index (κ2) is 6.48. The summed E-state index contributed by atoms with van der Waals surface area (Å²) in [5.74, 6) is 0.357. The number of carbonyl (C=O) groups is 1. The van der Waals surface area contributed by atoms with Crippen LogP contribution in [0, 0.1) is 6.92 Å². The second-order valence-corrected chi connectivity index (χ2v) is 4.79. The molecule has 0 aliphatic heterocycles. The van der Waals surface area contributed by atoms with Crippen molar-refractivity contribution in [3.05, 3.63) is 32.7 Å². The summed E-state index contributed by atoms with van der Waals surface area (Å²) in [7, 11) is 1.24. The molecule has 0 aliphatic rings. The van der Waals surface area contributed by atoms with Crippen molar-refractivity contribution in [2.75, 3.05) is 12.4 Å². The van der Waals surface area contributed by atoms with E-state index >= 15 is 0 Å². The number of methoxy groups -OCH3 is 1. The highest BCUT2D eigenvalue weighted by Crippen LogP contribution is 2.16. The molecule has 9 nitrogen and oxygen atoms in total. The number of nitrogens with zero attached hydrogens (tertiary/aromatic N) is 4. The lowest BCUT2D eigenvalue weighted by molar-refractivity contribution is -0.141. The number of aromatic nitrogens is 4. The number of ether oxygens (including phenoxy) is 1. The number of rotatable bonds is 5. The van der Waals surface area contributed by atoms with E-state index in [1.165, 1.54) is 13.3 Å². The van der Waals surface area contributed by atoms with Gasteiger partial charge in [0.25, 0.3) is 5.56 Å². The Morgan fingerprint density at radius 2 is 2.33 bits per heavy atom. The van der Waals surface area contributed by atoms with Crippen LogP contribution in [0.4, 0.5) is 5.69 Å². The molecule has 2 aromatic heterocycles. The largest absolute Gasteiger partial charge is 0.468 e. The average Bonchev–Trinajstić information content (AvgIpc) is 2.88. The quantitative estimate of drug-likeness (QED) is 0.769. The van der Waals surface area contributed by atoms with Crippen LogP contribution in [0.5, 0.6) is 0 Å². The molecule has 0 unspecified atom stereocenters. The van der Waals surface area contributed by atoms with Crippen LogP contribution in [0.2, 0.25) is 0 Å². The van der Waals surface area contributed by atoms with Crippen LogP contribution in [0.25, 0.3) is 0 Å². The number of hydrogen-bond donors (Lipinski definition) is 1. The van der Waals surface area contributed by atoms with Gasteiger partial charge in [0.1, 0.15) is 11.0 Å². The van der Waals surface area contributed by atoms with E-state index in [-0.39, 0.29) is 17.6 Å². The maximum Gasteiger partial charge on any atom is 0.327 e. The number of halogens is 1. The fourth-order valence-electron chi connectivity index (χ4n) is 1.48. The van der Waals surface area contributed by atoms with Gasteiger partial charge in [0, 0.05) is 6.92 Å². The third kappa shape index (κ3) is 3.66. The summed E-state index contributed by atoms with van der Waals surface area (Å²) < 4.78 is 10.6. The molecule has 0 atom stereocenters. The van der Waals surface area contributed by atoms with Gasteiger partial charge in [-0.15, -0.1) is 0 Å². The summed E-state index contributed by atoms with van der Waals surface area (Å²) in [6, 6.07) is 0. The molecule has 2 heterocycles. The number of carbonyl (C=O) groups excluding carboxylic acids is 1. The molecule has 0 saturated carbocycles. The minimum absolute atomic E-state index is 0.251. The van der Waals surface area contributed by atoms with Crippen molar-refractivity contribution < 1.29 is 14.1 Å². The van der Waals surface area contributed by atoms with Crippen molar-refractivity contribution in [2.24, 2.45) is 0 Å². The highest BCUT2D eigenvalue weighted by molar-refractivity contribution is 9.10. The predicted octanol–water partition coefficient (Wildman–Crippen LogP) is 0.482. The number of esters is 1. The van der Waals surface area contributed by atoms with Gasteiger partial charge in [-0.25, -0.2) is 4.68 Å². The Balaban J connectivity index is 2.13. The van der Waals surface area contributed by atoms with Crippen molar-refractivity contribution in [2.45, 2.75) is 20.0 Å². The molecular formula is C11H12BrN5O4. The van der Waals surface area contributed by atoms with E-state index in [2.05, 4.69) is 41.2 Å². The van der Waals surface area contributed by atoms with Gasteiger partial charge in [-0.2, -0.15) is 10.1 Å². The van der Waals surface area contributed by atoms with Crippen molar-refractivity contribution >= 4 is 27.6 Å². The smallest absolute Gasteiger partial charge is 0.327 e. The molecule has 21 heavy (non-hydrogen) atoms. The second-order valence-electron chi connectivity index (χ2n) is 3.99. The summed E-state index contributed by atoms with van der Waals surface area (Å²) in [5, 5.41) is 10.6. The zero-order chi connectivity index (χ0) is 15.4. The number of hydrogen-bond acceptors (Lipinski definition) is 8. The van der Waals surface area contributed by atoms with Crippen molar-refractivity contribution in [1.29, 1.82) is 0 Å². The molecule has 0 fully saturated rings. The Hall–Kier alpha value is -2.23. The summed E-state index contributed by atoms with van der Waals surface area (Å²) in [6.07, 6.45) is 1.42. The van der Waals surface area contributed by atoms with Gasteiger partial charge in [0.2, 0.25) is 5.89 Å². The Kier molecular flexibility index (Phi) is 4.68. The molecule has 1 N–H and O–H groups in total. The number of nitrogens with one attached hydrogen (secondary N) is 1. The molecule has 0 aliphatic carbocycles. The van der Waals surface area contributed by atoms with E-state index in [1.54, 1.807) is 6.92 Å². The van der Waals surface area contributed by atoms with Gasteiger partial charge in [-0.3, -0.25) is 9.59 Å². The van der Waals surface area contributed by atoms with E-state index in [4.69, 9.17) is 4.52 Å². The van der Waals surface area contributed by atoms with Crippen LogP contribution in [-0.2, 0) is 22.6 Å². The first kappa shape index (κ1) is 15.2. The van der Waals surface area contributed by atoms with E-state index < -0.39 is 11.5 Å². The van der Waals surface area contributed by atoms with Crippen molar-refractivity contribution in [1.82, 2.24) is 19.9 Å². The normalized spacial score (nSPS) is 10.4. The monoisotopic (exact) mass is 357 g/mol. The average molecular weight is 358 g/mol. The van der Waals surface area contributed by atoms with Gasteiger partial charge in [-0.1, -0.05) is 5.16 Å². The molecule has 0 saturated heterocycles. The highest BCUT2D eigenvalue weighted by Gasteiger charge is 2.12. The van der Waals surface area contributed by atoms with E-state index in [0.717, 1.165) is 4.68 Å². The first-order valence-corrected chi connectivity index (χ1v) is 6.66. The molecule has 112 valence electrons. The van der Waals surface area contributed by atoms with Crippen LogP contribution in [0.15, 0.2) is 20.0 Å². The SMILES string of the molecule is COC(=O)Cn1ncc(NCc2noc(C)n2)c(Br)c1=O. The molecule has 0 aromatic carbocycles. The Morgan fingerprint density at radius 1 is 1.57 bits per heavy atom. The minimum atomic E-state index is -0.556. The number of anilines is 1. The summed E-state index contributed by atoms with van der Waals surface area (Å²) in [4.78, 5) is 27.2. The summed E-state index contributed by atoms with van der Waals surface area (Å²) in [5.41, 5.74) is 0.0123. The van der Waals surface area contributed by atoms with Gasteiger partial charge in [-0.05, 0) is 15.9 Å². The molecule has 0 amide bonds. The lowest BCUT2D eigenvalue weighted by Gasteiger charge is -2.08. The Labute approximate surface area is 127 Å². The maximum absolute atomic E-state index is 12.0. The van der Waals surface area contributed by atoms with Crippen LogP contribution < -0.4 is 10.9 Å². The lowest BCUT2D eigenvalue weighted by atomic mass is 10.4. The zero-order valence-electron chi connectivity index (χ0n) is 11.3. The fraction of sp³-hybridized carbons (Fsp3) is 0.364. The zero-order valence-corrected chi connectivity index (χ0v) is 12.9. The molecular weight excluding hydrogens is 346 g/mol. The molecule has 2 rings (SSSR count). The van der Waals surface area contributed by atoms with E-state index in [9.17, 15) is 9.59 Å². The third-order valence-electron chi connectivity index (χ3n) is 2.50. The number of aryl methyl sites for hydroxylation is 1. The van der Waals surface area contributed by atoms with E-state index in [0.29, 0.717) is 17.4 Å². The van der Waals surface area contributed by atoms with Crippen LogP contribution in [0.3, 0.4) is 0 Å². The van der Waals surface area contributed by atoms with Gasteiger partial charge in [0.15, 0.2) is 5.82 Å². The van der Waals surface area contributed by atoms with Gasteiger partial charge >= 0.3 is 5.97 Å². The standard InChI is InChI=1S/C11H12BrN5O4/c1-6-15-8(16-21-6)4-13-7-3-14-17(5-9(18)20-2)11(19)10(7)12/h3,13H,4-5H2,1-2H3. The molecule has 0 radical (unpaired) electrons. The van der Waals surface area contributed by atoms with Crippen LogP contribution in [-0.4, -0.2) is 33.0 Å². The molecule has 0 spiro atoms. The third-order valence-corrected chi connectivity index (χ3v) is 3.26. The Morgan fingerprint density at radius 3 is 2.95 bits per heavy atom. The first-order valence-electron chi connectivity index (χ1n) is 5.86. The molecule has 0 bridgehead atoms. The maximum atomic E-state index is 12.0. The van der Waals surface area contributed by atoms with Crippen molar-refractivity contribution in [3.63, 3.8) is 0 Å².